The average Bonchev–Trinajstić information content (AvgIpc) is 2.21. The maximum absolute atomic E-state index is 11.7. The highest BCUT2D eigenvalue weighted by atomic mass is 79.9. The van der Waals surface area contributed by atoms with Gasteiger partial charge in [0, 0.05) is 10.0 Å². The van der Waals surface area contributed by atoms with Crippen LogP contribution in [0.15, 0.2) is 22.7 Å². The Kier molecular flexibility index (Phi) is 4.06. The molecule has 0 bridgehead atoms. The summed E-state index contributed by atoms with van der Waals surface area (Å²) < 4.78 is 0.784. The van der Waals surface area contributed by atoms with Gasteiger partial charge in [-0.2, -0.15) is 0 Å². The zero-order valence-corrected chi connectivity index (χ0v) is 10.5. The molecule has 0 saturated heterocycles. The molecule has 5 heteroatoms. The van der Waals surface area contributed by atoms with E-state index in [0.29, 0.717) is 5.56 Å². The standard InChI is InChI=1S/C11H12BrNO3/c1-6-3-4-8(12)5-9(6)10(14)13-7(2)11(15)16/h3-5,7H,1-2H3,(H,13,14)(H,15,16). The molecule has 4 nitrogen and oxygen atoms in total. The Labute approximate surface area is 102 Å². The summed E-state index contributed by atoms with van der Waals surface area (Å²) in [6, 6.07) is 4.39. The van der Waals surface area contributed by atoms with E-state index in [9.17, 15) is 9.59 Å². The Balaban J connectivity index is 2.88. The minimum absolute atomic E-state index is 0.381. The van der Waals surface area contributed by atoms with Crippen LogP contribution in [-0.4, -0.2) is 23.0 Å². The molecule has 0 aliphatic carbocycles. The van der Waals surface area contributed by atoms with Crippen molar-refractivity contribution in [1.29, 1.82) is 0 Å². The molecule has 1 atom stereocenters. The van der Waals surface area contributed by atoms with Gasteiger partial charge in [-0.3, -0.25) is 9.59 Å². The van der Waals surface area contributed by atoms with E-state index in [-0.39, 0.29) is 5.91 Å². The van der Waals surface area contributed by atoms with E-state index in [4.69, 9.17) is 5.11 Å². The third-order valence-electron chi connectivity index (χ3n) is 2.16. The van der Waals surface area contributed by atoms with Crippen molar-refractivity contribution >= 4 is 27.8 Å². The summed E-state index contributed by atoms with van der Waals surface area (Å²) in [5.41, 5.74) is 1.28. The minimum atomic E-state index is -1.05. The third kappa shape index (κ3) is 3.06. The number of aliphatic carboxylic acids is 1. The number of carboxylic acids is 1. The van der Waals surface area contributed by atoms with Gasteiger partial charge in [-0.25, -0.2) is 0 Å². The van der Waals surface area contributed by atoms with Gasteiger partial charge >= 0.3 is 5.97 Å². The molecule has 0 aromatic heterocycles. The zero-order valence-electron chi connectivity index (χ0n) is 8.95. The zero-order chi connectivity index (χ0) is 12.3. The molecule has 0 aliphatic heterocycles. The van der Waals surface area contributed by atoms with E-state index in [1.165, 1.54) is 6.92 Å². The number of hydrogen-bond acceptors (Lipinski definition) is 2. The quantitative estimate of drug-likeness (QED) is 0.892. The van der Waals surface area contributed by atoms with Crippen molar-refractivity contribution in [1.82, 2.24) is 5.32 Å². The van der Waals surface area contributed by atoms with Crippen LogP contribution in [0.2, 0.25) is 0 Å². The number of rotatable bonds is 3. The molecule has 0 saturated carbocycles. The van der Waals surface area contributed by atoms with Gasteiger partial charge in [0.05, 0.1) is 0 Å². The van der Waals surface area contributed by atoms with E-state index in [2.05, 4.69) is 21.2 Å². The van der Waals surface area contributed by atoms with E-state index in [1.54, 1.807) is 19.1 Å². The monoisotopic (exact) mass is 285 g/mol. The smallest absolute Gasteiger partial charge is 0.325 e. The van der Waals surface area contributed by atoms with Crippen molar-refractivity contribution in [2.45, 2.75) is 19.9 Å². The van der Waals surface area contributed by atoms with Crippen LogP contribution in [-0.2, 0) is 4.79 Å². The van der Waals surface area contributed by atoms with E-state index >= 15 is 0 Å². The summed E-state index contributed by atoms with van der Waals surface area (Å²) in [6.45, 7) is 3.22. The Morgan fingerprint density at radius 2 is 2.06 bits per heavy atom. The molecule has 1 unspecified atom stereocenters. The lowest BCUT2D eigenvalue weighted by atomic mass is 10.1. The molecule has 0 spiro atoms. The van der Waals surface area contributed by atoms with Crippen LogP contribution in [0.25, 0.3) is 0 Å². The number of benzene rings is 1. The molecule has 16 heavy (non-hydrogen) atoms. The maximum Gasteiger partial charge on any atom is 0.325 e. The average molecular weight is 286 g/mol. The summed E-state index contributed by atoms with van der Waals surface area (Å²) in [5, 5.41) is 11.1. The summed E-state index contributed by atoms with van der Waals surface area (Å²) in [5.74, 6) is -1.44. The number of carbonyl (C=O) groups is 2. The number of hydrogen-bond donors (Lipinski definition) is 2. The van der Waals surface area contributed by atoms with Crippen LogP contribution in [0.5, 0.6) is 0 Å². The second kappa shape index (κ2) is 5.12. The van der Waals surface area contributed by atoms with Crippen LogP contribution in [0, 0.1) is 6.92 Å². The van der Waals surface area contributed by atoms with E-state index in [1.807, 2.05) is 6.07 Å². The first-order valence-electron chi connectivity index (χ1n) is 4.71. The normalized spacial score (nSPS) is 11.9. The molecular formula is C11H12BrNO3. The van der Waals surface area contributed by atoms with Gasteiger partial charge in [0.1, 0.15) is 6.04 Å². The van der Waals surface area contributed by atoms with Crippen LogP contribution >= 0.6 is 15.9 Å². The largest absolute Gasteiger partial charge is 0.480 e. The number of carboxylic acid groups (broad SMARTS) is 1. The SMILES string of the molecule is Cc1ccc(Br)cc1C(=O)NC(C)C(=O)O. The summed E-state index contributed by atoms with van der Waals surface area (Å²) >= 11 is 3.26. The predicted molar refractivity (Wildman–Crippen MR) is 63.4 cm³/mol. The second-order valence-corrected chi connectivity index (χ2v) is 4.41. The fourth-order valence-corrected chi connectivity index (χ4v) is 1.54. The van der Waals surface area contributed by atoms with Gasteiger partial charge in [-0.1, -0.05) is 22.0 Å². The number of aryl methyl sites for hydroxylation is 1. The highest BCUT2D eigenvalue weighted by Crippen LogP contribution is 2.16. The van der Waals surface area contributed by atoms with E-state index < -0.39 is 12.0 Å². The Bertz CT molecular complexity index is 431. The van der Waals surface area contributed by atoms with Crippen molar-refractivity contribution in [3.63, 3.8) is 0 Å². The minimum Gasteiger partial charge on any atom is -0.480 e. The van der Waals surface area contributed by atoms with E-state index in [0.717, 1.165) is 10.0 Å². The fourth-order valence-electron chi connectivity index (χ4n) is 1.17. The molecule has 0 aliphatic rings. The fraction of sp³-hybridized carbons (Fsp3) is 0.273. The molecule has 0 fully saturated rings. The molecule has 1 rings (SSSR count). The van der Waals surface area contributed by atoms with Crippen LogP contribution in [0.3, 0.4) is 0 Å². The number of halogens is 1. The lowest BCUT2D eigenvalue weighted by molar-refractivity contribution is -0.138. The summed E-state index contributed by atoms with van der Waals surface area (Å²) in [6.07, 6.45) is 0. The topological polar surface area (TPSA) is 66.4 Å². The Morgan fingerprint density at radius 1 is 1.44 bits per heavy atom. The summed E-state index contributed by atoms with van der Waals surface area (Å²) in [4.78, 5) is 22.3. The molecule has 1 aromatic carbocycles. The van der Waals surface area contributed by atoms with Crippen LogP contribution < -0.4 is 5.32 Å². The molecule has 2 N–H and O–H groups in total. The van der Waals surface area contributed by atoms with Crippen molar-refractivity contribution in [3.8, 4) is 0 Å². The molecule has 1 aromatic rings. The first-order chi connectivity index (χ1) is 7.41. The van der Waals surface area contributed by atoms with Crippen LogP contribution in [0.4, 0.5) is 0 Å². The predicted octanol–water partition coefficient (Wildman–Crippen LogP) is 1.96. The molecule has 0 radical (unpaired) electrons. The van der Waals surface area contributed by atoms with Gasteiger partial charge in [0.2, 0.25) is 0 Å². The molecule has 86 valence electrons. The molecule has 0 heterocycles. The van der Waals surface area contributed by atoms with Gasteiger partial charge in [-0.05, 0) is 31.5 Å². The van der Waals surface area contributed by atoms with Gasteiger partial charge in [-0.15, -0.1) is 0 Å². The Morgan fingerprint density at radius 3 is 2.62 bits per heavy atom. The molecule has 1 amide bonds. The Hall–Kier alpha value is -1.36. The highest BCUT2D eigenvalue weighted by Gasteiger charge is 2.16. The van der Waals surface area contributed by atoms with Gasteiger partial charge < -0.3 is 10.4 Å². The summed E-state index contributed by atoms with van der Waals surface area (Å²) in [7, 11) is 0. The van der Waals surface area contributed by atoms with Crippen molar-refractivity contribution in [2.24, 2.45) is 0 Å². The first-order valence-corrected chi connectivity index (χ1v) is 5.51. The number of carbonyl (C=O) groups excluding carboxylic acids is 1. The van der Waals surface area contributed by atoms with Gasteiger partial charge in [0.15, 0.2) is 0 Å². The maximum atomic E-state index is 11.7. The number of amides is 1. The number of nitrogens with one attached hydrogen (secondary N) is 1. The second-order valence-electron chi connectivity index (χ2n) is 3.49. The lowest BCUT2D eigenvalue weighted by Gasteiger charge is -2.11. The van der Waals surface area contributed by atoms with Crippen molar-refractivity contribution < 1.29 is 14.7 Å². The lowest BCUT2D eigenvalue weighted by Crippen LogP contribution is -2.38. The highest BCUT2D eigenvalue weighted by molar-refractivity contribution is 9.10. The van der Waals surface area contributed by atoms with Crippen LogP contribution in [0.1, 0.15) is 22.8 Å². The first kappa shape index (κ1) is 12.7. The van der Waals surface area contributed by atoms with Crippen molar-refractivity contribution in [3.05, 3.63) is 33.8 Å². The third-order valence-corrected chi connectivity index (χ3v) is 2.66. The van der Waals surface area contributed by atoms with Gasteiger partial charge in [0.25, 0.3) is 5.91 Å². The molecular weight excluding hydrogens is 274 g/mol. The van der Waals surface area contributed by atoms with Crippen molar-refractivity contribution in [2.75, 3.05) is 0 Å².